The molecule has 26 heavy (non-hydrogen) atoms. The summed E-state index contributed by atoms with van der Waals surface area (Å²) < 4.78 is 22.1. The Labute approximate surface area is 154 Å². The van der Waals surface area contributed by atoms with Crippen LogP contribution in [-0.4, -0.2) is 39.9 Å². The van der Waals surface area contributed by atoms with E-state index in [9.17, 15) is 9.18 Å². The summed E-state index contributed by atoms with van der Waals surface area (Å²) in [6, 6.07) is 6.58. The third kappa shape index (κ3) is 3.10. The molecule has 0 saturated carbocycles. The molecule has 0 spiro atoms. The van der Waals surface area contributed by atoms with Crippen LogP contribution in [0.5, 0.6) is 0 Å². The number of aromatic nitrogens is 3. The maximum Gasteiger partial charge on any atom is 0.280 e. The second-order valence-electron chi connectivity index (χ2n) is 6.43. The number of anilines is 1. The smallest absolute Gasteiger partial charge is 0.280 e. The van der Waals surface area contributed by atoms with E-state index < -0.39 is 0 Å². The van der Waals surface area contributed by atoms with E-state index >= 15 is 0 Å². The van der Waals surface area contributed by atoms with Crippen LogP contribution in [0.4, 0.5) is 9.52 Å². The van der Waals surface area contributed by atoms with Crippen LogP contribution in [0.15, 0.2) is 24.3 Å². The van der Waals surface area contributed by atoms with Gasteiger partial charge in [-0.1, -0.05) is 17.4 Å². The van der Waals surface area contributed by atoms with E-state index in [2.05, 4.69) is 10.1 Å². The minimum Gasteiger partial charge on any atom is -0.376 e. The van der Waals surface area contributed by atoms with Gasteiger partial charge in [0.15, 0.2) is 10.8 Å². The van der Waals surface area contributed by atoms with Gasteiger partial charge in [0.25, 0.3) is 5.91 Å². The van der Waals surface area contributed by atoms with Crippen LogP contribution in [0.25, 0.3) is 10.2 Å². The molecule has 136 valence electrons. The Morgan fingerprint density at radius 1 is 1.50 bits per heavy atom. The van der Waals surface area contributed by atoms with Crippen molar-refractivity contribution in [3.8, 4) is 0 Å². The third-order valence-corrected chi connectivity index (χ3v) is 5.62. The van der Waals surface area contributed by atoms with Crippen molar-refractivity contribution < 1.29 is 13.9 Å². The van der Waals surface area contributed by atoms with Gasteiger partial charge < -0.3 is 4.74 Å². The van der Waals surface area contributed by atoms with Crippen LogP contribution >= 0.6 is 11.3 Å². The van der Waals surface area contributed by atoms with Gasteiger partial charge >= 0.3 is 0 Å². The summed E-state index contributed by atoms with van der Waals surface area (Å²) in [6.07, 6.45) is 1.83. The average Bonchev–Trinajstić information content (AvgIpc) is 3.33. The molecule has 6 nitrogen and oxygen atoms in total. The fraction of sp³-hybridized carbons (Fsp3) is 0.389. The number of hydrogen-bond acceptors (Lipinski definition) is 5. The molecule has 0 aliphatic carbocycles. The van der Waals surface area contributed by atoms with E-state index in [-0.39, 0.29) is 23.3 Å². The van der Waals surface area contributed by atoms with Crippen molar-refractivity contribution in [3.05, 3.63) is 41.5 Å². The van der Waals surface area contributed by atoms with E-state index in [0.29, 0.717) is 28.7 Å². The summed E-state index contributed by atoms with van der Waals surface area (Å²) in [5.41, 5.74) is 1.53. The SMILES string of the molecule is Cc1cc(C(=O)N(C[C@@H]2CCCO2)c2nc3c(F)cccc3s2)nn1C. The highest BCUT2D eigenvalue weighted by atomic mass is 32.1. The first kappa shape index (κ1) is 17.1. The number of para-hydroxylation sites is 1. The molecule has 3 heterocycles. The van der Waals surface area contributed by atoms with Gasteiger partial charge in [0.2, 0.25) is 0 Å². The number of ether oxygens (including phenoxy) is 1. The number of fused-ring (bicyclic) bond motifs is 1. The maximum atomic E-state index is 14.0. The van der Waals surface area contributed by atoms with E-state index in [1.165, 1.54) is 17.4 Å². The molecule has 1 aliphatic heterocycles. The lowest BCUT2D eigenvalue weighted by Crippen LogP contribution is -2.37. The van der Waals surface area contributed by atoms with Gasteiger partial charge in [-0.05, 0) is 38.0 Å². The number of aryl methyl sites for hydroxylation is 2. The van der Waals surface area contributed by atoms with Crippen LogP contribution in [0.3, 0.4) is 0 Å². The highest BCUT2D eigenvalue weighted by Crippen LogP contribution is 2.32. The topological polar surface area (TPSA) is 60.3 Å². The first-order valence-corrected chi connectivity index (χ1v) is 9.34. The summed E-state index contributed by atoms with van der Waals surface area (Å²) in [4.78, 5) is 19.1. The summed E-state index contributed by atoms with van der Waals surface area (Å²) >= 11 is 1.30. The second kappa shape index (κ2) is 6.77. The molecule has 0 N–H and O–H groups in total. The van der Waals surface area contributed by atoms with Crippen molar-refractivity contribution >= 4 is 32.6 Å². The first-order chi connectivity index (χ1) is 12.5. The van der Waals surface area contributed by atoms with Gasteiger partial charge in [-0.25, -0.2) is 9.37 Å². The lowest BCUT2D eigenvalue weighted by molar-refractivity contribution is 0.0913. The molecule has 4 rings (SSSR count). The molecule has 0 unspecified atom stereocenters. The van der Waals surface area contributed by atoms with Crippen LogP contribution < -0.4 is 4.90 Å². The quantitative estimate of drug-likeness (QED) is 0.703. The number of rotatable bonds is 4. The minimum atomic E-state index is -0.386. The summed E-state index contributed by atoms with van der Waals surface area (Å²) in [7, 11) is 1.80. The molecule has 0 radical (unpaired) electrons. The van der Waals surface area contributed by atoms with Crippen LogP contribution in [-0.2, 0) is 11.8 Å². The number of thiazole rings is 1. The number of hydrogen-bond donors (Lipinski definition) is 0. The van der Waals surface area contributed by atoms with Crippen molar-refractivity contribution in [2.45, 2.75) is 25.9 Å². The van der Waals surface area contributed by atoms with E-state index in [1.807, 2.05) is 6.92 Å². The van der Waals surface area contributed by atoms with Gasteiger partial charge in [0.05, 0.1) is 17.3 Å². The van der Waals surface area contributed by atoms with Crippen LogP contribution in [0.1, 0.15) is 29.0 Å². The molecule has 1 amide bonds. The zero-order valence-corrected chi connectivity index (χ0v) is 15.4. The van der Waals surface area contributed by atoms with E-state index in [0.717, 1.165) is 18.5 Å². The maximum absolute atomic E-state index is 14.0. The number of carbonyl (C=O) groups is 1. The Morgan fingerprint density at radius 3 is 3.00 bits per heavy atom. The van der Waals surface area contributed by atoms with Crippen molar-refractivity contribution in [1.82, 2.24) is 14.8 Å². The highest BCUT2D eigenvalue weighted by molar-refractivity contribution is 7.22. The molecule has 0 bridgehead atoms. The zero-order chi connectivity index (χ0) is 18.3. The summed E-state index contributed by atoms with van der Waals surface area (Å²) in [5, 5.41) is 4.76. The lowest BCUT2D eigenvalue weighted by Gasteiger charge is -2.22. The third-order valence-electron chi connectivity index (χ3n) is 4.58. The van der Waals surface area contributed by atoms with Crippen LogP contribution in [0, 0.1) is 12.7 Å². The molecule has 1 aliphatic rings. The Bertz CT molecular complexity index is 942. The molecular formula is C18H19FN4O2S. The Kier molecular flexibility index (Phi) is 4.46. The molecule has 1 aromatic carbocycles. The fourth-order valence-corrected chi connectivity index (χ4v) is 4.05. The number of nitrogens with zero attached hydrogens (tertiary/aromatic N) is 4. The fourth-order valence-electron chi connectivity index (χ4n) is 3.06. The van der Waals surface area contributed by atoms with Crippen LogP contribution in [0.2, 0.25) is 0 Å². The van der Waals surface area contributed by atoms with Gasteiger partial charge in [-0.15, -0.1) is 0 Å². The molecular weight excluding hydrogens is 355 g/mol. The van der Waals surface area contributed by atoms with Crippen molar-refractivity contribution in [2.24, 2.45) is 7.05 Å². The van der Waals surface area contributed by atoms with Gasteiger partial charge in [0, 0.05) is 19.3 Å². The predicted octanol–water partition coefficient (Wildman–Crippen LogP) is 3.30. The average molecular weight is 374 g/mol. The largest absolute Gasteiger partial charge is 0.376 e. The molecule has 8 heteroatoms. The van der Waals surface area contributed by atoms with Gasteiger partial charge in [-0.2, -0.15) is 5.10 Å². The Morgan fingerprint density at radius 2 is 2.35 bits per heavy atom. The van der Waals surface area contributed by atoms with Gasteiger partial charge in [0.1, 0.15) is 11.3 Å². The van der Waals surface area contributed by atoms with E-state index in [4.69, 9.17) is 4.74 Å². The molecule has 1 saturated heterocycles. The highest BCUT2D eigenvalue weighted by Gasteiger charge is 2.28. The summed E-state index contributed by atoms with van der Waals surface area (Å²) in [6.45, 7) is 2.97. The molecule has 1 fully saturated rings. The summed E-state index contributed by atoms with van der Waals surface area (Å²) in [5.74, 6) is -0.633. The molecule has 2 aromatic heterocycles. The van der Waals surface area contributed by atoms with E-state index in [1.54, 1.807) is 34.8 Å². The molecule has 3 aromatic rings. The normalized spacial score (nSPS) is 17.1. The molecule has 1 atom stereocenters. The minimum absolute atomic E-state index is 0.0411. The standard InChI is InChI=1S/C18H19FN4O2S/c1-11-9-14(21-22(11)2)17(24)23(10-12-5-4-8-25-12)18-20-16-13(19)6-3-7-15(16)26-18/h3,6-7,9,12H,4-5,8,10H2,1-2H3/t12-/m0/s1. The monoisotopic (exact) mass is 374 g/mol. The Balaban J connectivity index is 1.73. The van der Waals surface area contributed by atoms with Crippen molar-refractivity contribution in [2.75, 3.05) is 18.1 Å². The number of halogens is 1. The number of carbonyl (C=O) groups excluding carboxylic acids is 1. The van der Waals surface area contributed by atoms with Gasteiger partial charge in [-0.3, -0.25) is 14.4 Å². The number of amides is 1. The lowest BCUT2D eigenvalue weighted by atomic mass is 10.2. The predicted molar refractivity (Wildman–Crippen MR) is 98.2 cm³/mol. The first-order valence-electron chi connectivity index (χ1n) is 8.52. The number of benzene rings is 1. The zero-order valence-electron chi connectivity index (χ0n) is 14.6. The second-order valence-corrected chi connectivity index (χ2v) is 7.44. The Hall–Kier alpha value is -2.32. The van der Waals surface area contributed by atoms with Crippen molar-refractivity contribution in [1.29, 1.82) is 0 Å². The van der Waals surface area contributed by atoms with Crippen molar-refractivity contribution in [3.63, 3.8) is 0 Å².